The van der Waals surface area contributed by atoms with E-state index in [-0.39, 0.29) is 5.69 Å². The minimum absolute atomic E-state index is 0.0756. The van der Waals surface area contributed by atoms with Gasteiger partial charge in [0.15, 0.2) is 0 Å². The lowest BCUT2D eigenvalue weighted by Crippen LogP contribution is -2.07. The van der Waals surface area contributed by atoms with Crippen LogP contribution < -0.4 is 0 Å². The van der Waals surface area contributed by atoms with Gasteiger partial charge in [-0.25, -0.2) is 9.18 Å². The number of rotatable bonds is 2. The van der Waals surface area contributed by atoms with Gasteiger partial charge in [-0.3, -0.25) is 0 Å². The monoisotopic (exact) mass is 375 g/mol. The molecule has 0 fully saturated rings. The lowest BCUT2D eigenvalue weighted by atomic mass is 10.2. The molecule has 0 atom stereocenters. The molecule has 2 rings (SSSR count). The van der Waals surface area contributed by atoms with Crippen LogP contribution >= 0.6 is 31.9 Å². The highest BCUT2D eigenvalue weighted by Crippen LogP contribution is 2.26. The first kappa shape index (κ1) is 13.3. The molecule has 94 valence electrons. The zero-order chi connectivity index (χ0) is 13.4. The summed E-state index contributed by atoms with van der Waals surface area (Å²) < 4.78 is 16.0. The Morgan fingerprint density at radius 2 is 2.00 bits per heavy atom. The Hall–Kier alpha value is -1.14. The number of carbonyl (C=O) groups is 1. The zero-order valence-corrected chi connectivity index (χ0v) is 12.4. The molecule has 0 radical (unpaired) electrons. The van der Waals surface area contributed by atoms with Gasteiger partial charge in [-0.1, -0.05) is 0 Å². The number of hydrogen-bond acceptors (Lipinski definition) is 1. The van der Waals surface area contributed by atoms with Crippen molar-refractivity contribution in [1.82, 2.24) is 4.57 Å². The van der Waals surface area contributed by atoms with Crippen molar-refractivity contribution in [2.75, 3.05) is 0 Å². The third-order valence-electron chi connectivity index (χ3n) is 2.50. The fourth-order valence-corrected chi connectivity index (χ4v) is 2.57. The van der Waals surface area contributed by atoms with E-state index in [2.05, 4.69) is 31.9 Å². The fourth-order valence-electron chi connectivity index (χ4n) is 1.69. The lowest BCUT2D eigenvalue weighted by molar-refractivity contribution is 0.0688. The molecule has 1 N–H and O–H groups in total. The molecule has 0 aliphatic rings. The van der Waals surface area contributed by atoms with Crippen molar-refractivity contribution in [3.8, 4) is 5.69 Å². The minimum atomic E-state index is -1.07. The van der Waals surface area contributed by atoms with E-state index in [4.69, 9.17) is 5.11 Å². The van der Waals surface area contributed by atoms with E-state index < -0.39 is 11.8 Å². The molecule has 18 heavy (non-hydrogen) atoms. The number of carboxylic acids is 1. The summed E-state index contributed by atoms with van der Waals surface area (Å²) in [5, 5.41) is 9.11. The minimum Gasteiger partial charge on any atom is -0.477 e. The van der Waals surface area contributed by atoms with Crippen molar-refractivity contribution in [2.45, 2.75) is 6.92 Å². The molecule has 0 saturated heterocycles. The molecule has 2 aromatic rings. The van der Waals surface area contributed by atoms with E-state index in [9.17, 15) is 9.18 Å². The largest absolute Gasteiger partial charge is 0.477 e. The number of aryl methyl sites for hydroxylation is 1. The van der Waals surface area contributed by atoms with Crippen LogP contribution in [0.2, 0.25) is 0 Å². The Morgan fingerprint density at radius 1 is 1.33 bits per heavy atom. The van der Waals surface area contributed by atoms with Crippen LogP contribution in [0.25, 0.3) is 5.69 Å². The Labute approximate surface area is 119 Å². The second-order valence-electron chi connectivity index (χ2n) is 3.77. The Morgan fingerprint density at radius 3 is 2.61 bits per heavy atom. The van der Waals surface area contributed by atoms with Crippen molar-refractivity contribution in [3.05, 3.63) is 50.4 Å². The summed E-state index contributed by atoms with van der Waals surface area (Å²) in [5.74, 6) is -1.50. The number of aromatic carboxylic acids is 1. The highest BCUT2D eigenvalue weighted by atomic mass is 79.9. The molecule has 0 unspecified atom stereocenters. The summed E-state index contributed by atoms with van der Waals surface area (Å²) in [6, 6.07) is 4.39. The average Bonchev–Trinajstić information content (AvgIpc) is 2.65. The molecule has 0 spiro atoms. The Kier molecular flexibility index (Phi) is 3.59. The number of hydrogen-bond donors (Lipinski definition) is 1. The standard InChI is InChI=1S/C12H8Br2FNO2/c1-6-2-8(14)9(15)4-10(6)16-5-7(13)3-11(16)12(17)18/h2-5H,1H3,(H,17,18). The molecule has 1 aromatic heterocycles. The summed E-state index contributed by atoms with van der Waals surface area (Å²) in [6.07, 6.45) is 1.60. The van der Waals surface area contributed by atoms with E-state index in [0.717, 1.165) is 5.56 Å². The van der Waals surface area contributed by atoms with Crippen LogP contribution in [0, 0.1) is 12.7 Å². The van der Waals surface area contributed by atoms with Crippen molar-refractivity contribution in [1.29, 1.82) is 0 Å². The molecule has 0 aliphatic heterocycles. The number of benzene rings is 1. The average molecular weight is 377 g/mol. The van der Waals surface area contributed by atoms with Gasteiger partial charge in [-0.05, 0) is 62.5 Å². The van der Waals surface area contributed by atoms with E-state index in [1.807, 2.05) is 0 Å². The van der Waals surface area contributed by atoms with Crippen molar-refractivity contribution in [3.63, 3.8) is 0 Å². The molecular weight excluding hydrogens is 369 g/mol. The quantitative estimate of drug-likeness (QED) is 0.855. The highest BCUT2D eigenvalue weighted by Gasteiger charge is 2.15. The molecule has 3 nitrogen and oxygen atoms in total. The molecule has 0 amide bonds. The summed E-state index contributed by atoms with van der Waals surface area (Å²) in [7, 11) is 0. The molecule has 0 saturated carbocycles. The SMILES string of the molecule is Cc1cc(Br)c(F)cc1-n1cc(Br)cc1C(=O)O. The second kappa shape index (κ2) is 4.85. The first-order valence-corrected chi connectivity index (χ1v) is 6.56. The van der Waals surface area contributed by atoms with E-state index in [1.54, 1.807) is 19.2 Å². The number of nitrogens with zero attached hydrogens (tertiary/aromatic N) is 1. The van der Waals surface area contributed by atoms with Crippen LogP contribution in [0.5, 0.6) is 0 Å². The molecule has 1 heterocycles. The van der Waals surface area contributed by atoms with Crippen molar-refractivity contribution in [2.24, 2.45) is 0 Å². The number of carboxylic acid groups (broad SMARTS) is 1. The van der Waals surface area contributed by atoms with Gasteiger partial charge in [0.2, 0.25) is 0 Å². The second-order valence-corrected chi connectivity index (χ2v) is 5.54. The van der Waals surface area contributed by atoms with E-state index in [1.165, 1.54) is 16.7 Å². The summed E-state index contributed by atoms with van der Waals surface area (Å²) in [5.41, 5.74) is 1.35. The van der Waals surface area contributed by atoms with Gasteiger partial charge in [0.05, 0.1) is 10.2 Å². The van der Waals surface area contributed by atoms with Gasteiger partial charge in [0.25, 0.3) is 0 Å². The van der Waals surface area contributed by atoms with Crippen molar-refractivity contribution >= 4 is 37.8 Å². The predicted octanol–water partition coefficient (Wildman–Crippen LogP) is 4.15. The normalized spacial score (nSPS) is 10.7. The first-order valence-electron chi connectivity index (χ1n) is 4.97. The molecule has 0 aliphatic carbocycles. The maximum atomic E-state index is 13.6. The maximum absolute atomic E-state index is 13.6. The van der Waals surface area contributed by atoms with Gasteiger partial charge >= 0.3 is 5.97 Å². The van der Waals surface area contributed by atoms with Crippen LogP contribution in [0.15, 0.2) is 33.3 Å². The van der Waals surface area contributed by atoms with Gasteiger partial charge < -0.3 is 9.67 Å². The smallest absolute Gasteiger partial charge is 0.352 e. The van der Waals surface area contributed by atoms with Gasteiger partial charge in [0, 0.05) is 10.7 Å². The van der Waals surface area contributed by atoms with E-state index >= 15 is 0 Å². The maximum Gasteiger partial charge on any atom is 0.352 e. The fraction of sp³-hybridized carbons (Fsp3) is 0.0833. The van der Waals surface area contributed by atoms with Crippen LogP contribution in [0.4, 0.5) is 4.39 Å². The number of halogens is 3. The predicted molar refractivity (Wildman–Crippen MR) is 72.8 cm³/mol. The summed E-state index contributed by atoms with van der Waals surface area (Å²) in [4.78, 5) is 11.1. The number of aromatic nitrogens is 1. The van der Waals surface area contributed by atoms with Gasteiger partial charge in [0.1, 0.15) is 11.5 Å². The third-order valence-corrected chi connectivity index (χ3v) is 3.55. The molecule has 6 heteroatoms. The van der Waals surface area contributed by atoms with Crippen LogP contribution in [-0.2, 0) is 0 Å². The van der Waals surface area contributed by atoms with Crippen LogP contribution in [0.3, 0.4) is 0 Å². The Balaban J connectivity index is 2.69. The summed E-state index contributed by atoms with van der Waals surface area (Å²) in [6.45, 7) is 1.79. The lowest BCUT2D eigenvalue weighted by Gasteiger charge is -2.10. The van der Waals surface area contributed by atoms with Crippen LogP contribution in [0.1, 0.15) is 16.1 Å². The molecule has 0 bridgehead atoms. The van der Waals surface area contributed by atoms with Gasteiger partial charge in [-0.15, -0.1) is 0 Å². The Bertz CT molecular complexity index is 637. The topological polar surface area (TPSA) is 42.2 Å². The highest BCUT2D eigenvalue weighted by molar-refractivity contribution is 9.10. The van der Waals surface area contributed by atoms with Gasteiger partial charge in [-0.2, -0.15) is 0 Å². The third kappa shape index (κ3) is 2.35. The summed E-state index contributed by atoms with van der Waals surface area (Å²) >= 11 is 6.31. The first-order chi connectivity index (χ1) is 8.40. The molecular formula is C12H8Br2FNO2. The van der Waals surface area contributed by atoms with Crippen LogP contribution in [-0.4, -0.2) is 15.6 Å². The zero-order valence-electron chi connectivity index (χ0n) is 9.25. The van der Waals surface area contributed by atoms with Crippen molar-refractivity contribution < 1.29 is 14.3 Å². The molecule has 1 aromatic carbocycles. The van der Waals surface area contributed by atoms with E-state index in [0.29, 0.717) is 14.6 Å².